The molecular weight excluding hydrogens is 370 g/mol. The molecule has 28 heavy (non-hydrogen) atoms. The Kier molecular flexibility index (Phi) is 4.95. The van der Waals surface area contributed by atoms with Crippen LogP contribution in [-0.4, -0.2) is 42.0 Å². The van der Waals surface area contributed by atoms with Crippen molar-refractivity contribution in [3.05, 3.63) is 51.5 Å². The summed E-state index contributed by atoms with van der Waals surface area (Å²) in [5.74, 6) is 0.797. The Bertz CT molecular complexity index is 839. The number of nitrogens with one attached hydrogen (secondary N) is 1. The van der Waals surface area contributed by atoms with Gasteiger partial charge >= 0.3 is 0 Å². The molecule has 1 saturated heterocycles. The largest absolute Gasteiger partial charge is 0.370 e. The summed E-state index contributed by atoms with van der Waals surface area (Å²) in [6, 6.07) is 8.22. The van der Waals surface area contributed by atoms with Gasteiger partial charge < -0.3 is 10.1 Å². The fourth-order valence-electron chi connectivity index (χ4n) is 4.38. The molecule has 3 aliphatic rings. The van der Waals surface area contributed by atoms with Crippen molar-refractivity contribution >= 4 is 17.2 Å². The smallest absolute Gasteiger partial charge is 0.261 e. The van der Waals surface area contributed by atoms with E-state index in [-0.39, 0.29) is 11.5 Å². The lowest BCUT2D eigenvalue weighted by atomic mass is 9.82. The van der Waals surface area contributed by atoms with Crippen LogP contribution >= 0.6 is 11.3 Å². The van der Waals surface area contributed by atoms with Gasteiger partial charge in [-0.05, 0) is 55.4 Å². The number of piperidine rings is 1. The highest BCUT2D eigenvalue weighted by atomic mass is 32.1. The lowest BCUT2D eigenvalue weighted by Gasteiger charge is -2.44. The van der Waals surface area contributed by atoms with E-state index in [0.717, 1.165) is 62.6 Å². The van der Waals surface area contributed by atoms with Gasteiger partial charge in [0.25, 0.3) is 5.91 Å². The first-order valence-electron chi connectivity index (χ1n) is 10.4. The van der Waals surface area contributed by atoms with Gasteiger partial charge in [0.2, 0.25) is 0 Å². The second kappa shape index (κ2) is 7.58. The molecule has 2 aromatic heterocycles. The predicted molar refractivity (Wildman–Crippen MR) is 109 cm³/mol. The highest BCUT2D eigenvalue weighted by Gasteiger charge is 2.42. The maximum atomic E-state index is 12.6. The van der Waals surface area contributed by atoms with Crippen molar-refractivity contribution in [1.82, 2.24) is 15.2 Å². The zero-order valence-corrected chi connectivity index (χ0v) is 17.0. The van der Waals surface area contributed by atoms with Gasteiger partial charge in [-0.25, -0.2) is 0 Å². The second-order valence-electron chi connectivity index (χ2n) is 8.29. The summed E-state index contributed by atoms with van der Waals surface area (Å²) in [5.41, 5.74) is 2.19. The predicted octanol–water partition coefficient (Wildman–Crippen LogP) is 3.35. The van der Waals surface area contributed by atoms with Crippen LogP contribution in [0, 0.1) is 5.92 Å². The van der Waals surface area contributed by atoms with E-state index in [0.29, 0.717) is 5.92 Å². The van der Waals surface area contributed by atoms with Gasteiger partial charge in [-0.2, -0.15) is 0 Å². The van der Waals surface area contributed by atoms with Gasteiger partial charge in [0, 0.05) is 43.7 Å². The van der Waals surface area contributed by atoms with Crippen molar-refractivity contribution in [2.45, 2.75) is 44.2 Å². The van der Waals surface area contributed by atoms with Crippen LogP contribution in [0.3, 0.4) is 0 Å². The average molecular weight is 398 g/mol. The first-order valence-corrected chi connectivity index (χ1v) is 11.2. The third-order valence-electron chi connectivity index (χ3n) is 6.25. The first-order chi connectivity index (χ1) is 13.7. The molecule has 0 aromatic carbocycles. The Morgan fingerprint density at radius 3 is 2.93 bits per heavy atom. The molecule has 1 aliphatic carbocycles. The zero-order valence-electron chi connectivity index (χ0n) is 16.2. The number of rotatable bonds is 5. The van der Waals surface area contributed by atoms with Crippen LogP contribution in [0.15, 0.2) is 30.5 Å². The van der Waals surface area contributed by atoms with Gasteiger partial charge in [-0.1, -0.05) is 6.07 Å². The van der Waals surface area contributed by atoms with Gasteiger partial charge in [0.1, 0.15) is 0 Å². The number of pyridine rings is 1. The zero-order chi connectivity index (χ0) is 19.0. The number of hydrogen-bond donors (Lipinski definition) is 1. The Balaban J connectivity index is 1.27. The number of nitrogens with zero attached hydrogens (tertiary/aromatic N) is 2. The van der Waals surface area contributed by atoms with E-state index >= 15 is 0 Å². The van der Waals surface area contributed by atoms with E-state index in [1.54, 1.807) is 11.3 Å². The lowest BCUT2D eigenvalue weighted by molar-refractivity contribution is -0.0982. The molecule has 2 aliphatic heterocycles. The number of carbonyl (C=O) groups excluding carboxylic acids is 1. The number of fused-ring (bicyclic) bond motifs is 2. The molecule has 6 heteroatoms. The molecule has 1 spiro atoms. The molecule has 4 heterocycles. The van der Waals surface area contributed by atoms with E-state index < -0.39 is 0 Å². The van der Waals surface area contributed by atoms with Gasteiger partial charge in [0.15, 0.2) is 0 Å². The minimum atomic E-state index is -0.209. The molecule has 2 fully saturated rings. The van der Waals surface area contributed by atoms with E-state index in [1.165, 1.54) is 23.3 Å². The number of ether oxygens (including phenoxy) is 1. The summed E-state index contributed by atoms with van der Waals surface area (Å²) >= 11 is 1.67. The SMILES string of the molecule is O=C(NCC1CC1)c1cc2c(s1)CCOC21CCN(Cc2ccccn2)CC1. The van der Waals surface area contributed by atoms with E-state index in [4.69, 9.17) is 4.74 Å². The van der Waals surface area contributed by atoms with Crippen molar-refractivity contribution < 1.29 is 9.53 Å². The molecule has 1 saturated carbocycles. The Hall–Kier alpha value is -1.76. The molecule has 2 aromatic rings. The van der Waals surface area contributed by atoms with E-state index in [9.17, 15) is 4.79 Å². The Morgan fingerprint density at radius 2 is 2.18 bits per heavy atom. The highest BCUT2D eigenvalue weighted by molar-refractivity contribution is 7.14. The van der Waals surface area contributed by atoms with Crippen molar-refractivity contribution in [2.75, 3.05) is 26.2 Å². The number of carbonyl (C=O) groups is 1. The van der Waals surface area contributed by atoms with Gasteiger partial charge in [-0.3, -0.25) is 14.7 Å². The molecule has 0 unspecified atom stereocenters. The first kappa shape index (κ1) is 18.3. The third-order valence-corrected chi connectivity index (χ3v) is 7.45. The van der Waals surface area contributed by atoms with Crippen LogP contribution in [0.2, 0.25) is 0 Å². The minimum absolute atomic E-state index is 0.0917. The fourth-order valence-corrected chi connectivity index (χ4v) is 5.53. The molecule has 1 amide bonds. The fraction of sp³-hybridized carbons (Fsp3) is 0.545. The summed E-state index contributed by atoms with van der Waals surface area (Å²) in [4.78, 5) is 21.7. The van der Waals surface area contributed by atoms with Crippen LogP contribution in [0.25, 0.3) is 0 Å². The summed E-state index contributed by atoms with van der Waals surface area (Å²) < 4.78 is 6.37. The molecule has 5 rings (SSSR count). The quantitative estimate of drug-likeness (QED) is 0.841. The second-order valence-corrected chi connectivity index (χ2v) is 9.43. The molecule has 0 radical (unpaired) electrons. The van der Waals surface area contributed by atoms with Crippen molar-refractivity contribution in [3.8, 4) is 0 Å². The lowest BCUT2D eigenvalue weighted by Crippen LogP contribution is -2.46. The highest BCUT2D eigenvalue weighted by Crippen LogP contribution is 2.44. The summed E-state index contributed by atoms with van der Waals surface area (Å²) in [5, 5.41) is 3.11. The monoisotopic (exact) mass is 397 g/mol. The van der Waals surface area contributed by atoms with Crippen molar-refractivity contribution in [3.63, 3.8) is 0 Å². The summed E-state index contributed by atoms with van der Waals surface area (Å²) in [6.07, 6.45) is 7.26. The number of amides is 1. The van der Waals surface area contributed by atoms with Crippen LogP contribution in [0.4, 0.5) is 0 Å². The van der Waals surface area contributed by atoms with Crippen LogP contribution in [0.1, 0.15) is 51.5 Å². The normalized spacial score (nSPS) is 21.4. The molecule has 1 N–H and O–H groups in total. The maximum Gasteiger partial charge on any atom is 0.261 e. The van der Waals surface area contributed by atoms with Crippen LogP contribution < -0.4 is 5.32 Å². The summed E-state index contributed by atoms with van der Waals surface area (Å²) in [7, 11) is 0. The van der Waals surface area contributed by atoms with Gasteiger partial charge in [0.05, 0.1) is 22.8 Å². The van der Waals surface area contributed by atoms with Crippen molar-refractivity contribution in [1.29, 1.82) is 0 Å². The number of hydrogen-bond acceptors (Lipinski definition) is 5. The van der Waals surface area contributed by atoms with E-state index in [1.807, 2.05) is 18.3 Å². The molecule has 148 valence electrons. The maximum absolute atomic E-state index is 12.6. The van der Waals surface area contributed by atoms with Crippen LogP contribution in [0.5, 0.6) is 0 Å². The molecular formula is C22H27N3O2S. The van der Waals surface area contributed by atoms with Crippen molar-refractivity contribution in [2.24, 2.45) is 5.92 Å². The molecule has 5 nitrogen and oxygen atoms in total. The van der Waals surface area contributed by atoms with Crippen LogP contribution in [-0.2, 0) is 23.3 Å². The Labute approximate surface area is 170 Å². The molecule has 0 atom stereocenters. The molecule has 0 bridgehead atoms. The number of aromatic nitrogens is 1. The number of likely N-dealkylation sites (tertiary alicyclic amines) is 1. The van der Waals surface area contributed by atoms with Gasteiger partial charge in [-0.15, -0.1) is 11.3 Å². The minimum Gasteiger partial charge on any atom is -0.370 e. The number of thiophene rings is 1. The standard InChI is InChI=1S/C22H27N3O2S/c26-21(24-14-16-4-5-16)20-13-18-19(28-20)6-12-27-22(18)7-10-25(11-8-22)15-17-3-1-2-9-23-17/h1-3,9,13,16H,4-8,10-12,14-15H2,(H,24,26). The van der Waals surface area contributed by atoms with E-state index in [2.05, 4.69) is 27.3 Å². The topological polar surface area (TPSA) is 54.5 Å². The third kappa shape index (κ3) is 3.73. The Morgan fingerprint density at radius 1 is 1.32 bits per heavy atom. The summed E-state index contributed by atoms with van der Waals surface area (Å²) in [6.45, 7) is 4.47. The average Bonchev–Trinajstić information content (AvgIpc) is 3.45.